The van der Waals surface area contributed by atoms with Gasteiger partial charge in [-0.3, -0.25) is 4.79 Å². The Hall–Kier alpha value is -3.62. The Labute approximate surface area is 192 Å². The van der Waals surface area contributed by atoms with Crippen LogP contribution in [0.2, 0.25) is 5.02 Å². The molecule has 5 aromatic rings. The molecule has 7 nitrogen and oxygen atoms in total. The van der Waals surface area contributed by atoms with Gasteiger partial charge in [-0.2, -0.15) is 0 Å². The van der Waals surface area contributed by atoms with Crippen LogP contribution in [0.25, 0.3) is 33.9 Å². The standard InChI is InChI=1S/C23H16ClN5O2S/c24-16-7-9-17(10-8-16)25-20(30)13-32-23-29-28-22(31-23)15-6-11-18-19(12-15)27-21(26-18)14-4-2-1-3-5-14/h1-12H,13H2,(H,25,30)(H,26,27). The van der Waals surface area contributed by atoms with E-state index in [9.17, 15) is 4.79 Å². The molecule has 0 atom stereocenters. The number of fused-ring (bicyclic) bond motifs is 1. The van der Waals surface area contributed by atoms with Gasteiger partial charge in [-0.1, -0.05) is 53.7 Å². The van der Waals surface area contributed by atoms with Crippen LogP contribution in [0.3, 0.4) is 0 Å². The quantitative estimate of drug-likeness (QED) is 0.316. The van der Waals surface area contributed by atoms with Crippen molar-refractivity contribution in [3.05, 3.63) is 77.8 Å². The van der Waals surface area contributed by atoms with Crippen LogP contribution in [0, 0.1) is 0 Å². The molecule has 0 saturated carbocycles. The van der Waals surface area contributed by atoms with Gasteiger partial charge in [0.05, 0.1) is 16.8 Å². The predicted octanol–water partition coefficient (Wildman–Crippen LogP) is 5.66. The summed E-state index contributed by atoms with van der Waals surface area (Å²) in [6.45, 7) is 0. The minimum Gasteiger partial charge on any atom is -0.411 e. The largest absolute Gasteiger partial charge is 0.411 e. The number of hydrogen-bond donors (Lipinski definition) is 2. The summed E-state index contributed by atoms with van der Waals surface area (Å²) in [6.07, 6.45) is 0. The van der Waals surface area contributed by atoms with E-state index in [1.807, 2.05) is 48.5 Å². The first-order valence-electron chi connectivity index (χ1n) is 9.71. The van der Waals surface area contributed by atoms with Crippen molar-refractivity contribution in [2.24, 2.45) is 0 Å². The lowest BCUT2D eigenvalue weighted by atomic mass is 10.2. The third-order valence-corrected chi connectivity index (χ3v) is 5.71. The SMILES string of the molecule is O=C(CSc1nnc(-c2ccc3nc(-c4ccccc4)[nH]c3c2)o1)Nc1ccc(Cl)cc1. The van der Waals surface area contributed by atoms with Crippen molar-refractivity contribution >= 4 is 46.0 Å². The molecule has 32 heavy (non-hydrogen) atoms. The van der Waals surface area contributed by atoms with Gasteiger partial charge in [0.15, 0.2) is 0 Å². The lowest BCUT2D eigenvalue weighted by Crippen LogP contribution is -2.13. The number of aromatic nitrogens is 4. The molecule has 0 bridgehead atoms. The summed E-state index contributed by atoms with van der Waals surface area (Å²) >= 11 is 7.03. The Morgan fingerprint density at radius 2 is 1.81 bits per heavy atom. The van der Waals surface area contributed by atoms with Gasteiger partial charge in [-0.05, 0) is 42.5 Å². The van der Waals surface area contributed by atoms with Crippen LogP contribution in [-0.2, 0) is 4.79 Å². The number of nitrogens with zero attached hydrogens (tertiary/aromatic N) is 3. The van der Waals surface area contributed by atoms with Crippen LogP contribution >= 0.6 is 23.4 Å². The summed E-state index contributed by atoms with van der Waals surface area (Å²) in [6, 6.07) is 22.5. The minimum atomic E-state index is -0.176. The van der Waals surface area contributed by atoms with Crippen LogP contribution in [-0.4, -0.2) is 31.8 Å². The van der Waals surface area contributed by atoms with E-state index in [4.69, 9.17) is 16.0 Å². The first-order valence-corrected chi connectivity index (χ1v) is 11.1. The lowest BCUT2D eigenvalue weighted by molar-refractivity contribution is -0.113. The smallest absolute Gasteiger partial charge is 0.277 e. The monoisotopic (exact) mass is 461 g/mol. The highest BCUT2D eigenvalue weighted by Gasteiger charge is 2.13. The number of rotatable bonds is 6. The topological polar surface area (TPSA) is 96.7 Å². The number of hydrogen-bond acceptors (Lipinski definition) is 6. The number of thioether (sulfide) groups is 1. The molecule has 2 heterocycles. The fourth-order valence-corrected chi connectivity index (χ4v) is 3.81. The van der Waals surface area contributed by atoms with E-state index >= 15 is 0 Å². The summed E-state index contributed by atoms with van der Waals surface area (Å²) in [4.78, 5) is 20.1. The number of aromatic amines is 1. The van der Waals surface area contributed by atoms with Gasteiger partial charge in [-0.25, -0.2) is 4.98 Å². The summed E-state index contributed by atoms with van der Waals surface area (Å²) in [5, 5.41) is 11.9. The highest BCUT2D eigenvalue weighted by molar-refractivity contribution is 7.99. The van der Waals surface area contributed by atoms with Crippen LogP contribution < -0.4 is 5.32 Å². The highest BCUT2D eigenvalue weighted by atomic mass is 35.5. The Morgan fingerprint density at radius 3 is 2.62 bits per heavy atom. The first kappa shape index (κ1) is 20.3. The highest BCUT2D eigenvalue weighted by Crippen LogP contribution is 2.27. The number of imidazole rings is 1. The molecule has 9 heteroatoms. The summed E-state index contributed by atoms with van der Waals surface area (Å²) < 4.78 is 5.74. The maximum Gasteiger partial charge on any atom is 0.277 e. The molecule has 5 rings (SSSR count). The Morgan fingerprint density at radius 1 is 1.00 bits per heavy atom. The molecule has 0 aliphatic carbocycles. The van der Waals surface area contributed by atoms with E-state index in [-0.39, 0.29) is 11.7 Å². The van der Waals surface area contributed by atoms with E-state index in [1.54, 1.807) is 24.3 Å². The number of H-pyrrole nitrogens is 1. The molecule has 0 unspecified atom stereocenters. The maximum atomic E-state index is 12.1. The fraction of sp³-hybridized carbons (Fsp3) is 0.0435. The van der Waals surface area contributed by atoms with Gasteiger partial charge < -0.3 is 14.7 Å². The van der Waals surface area contributed by atoms with E-state index in [0.717, 1.165) is 28.0 Å². The molecular weight excluding hydrogens is 446 g/mol. The molecule has 2 N–H and O–H groups in total. The zero-order valence-electron chi connectivity index (χ0n) is 16.6. The number of benzene rings is 3. The van der Waals surface area contributed by atoms with Crippen molar-refractivity contribution in [1.82, 2.24) is 20.2 Å². The van der Waals surface area contributed by atoms with Gasteiger partial charge in [-0.15, -0.1) is 10.2 Å². The van der Waals surface area contributed by atoms with Gasteiger partial charge in [0, 0.05) is 21.8 Å². The molecule has 0 fully saturated rings. The molecule has 0 aliphatic heterocycles. The fourth-order valence-electron chi connectivity index (χ4n) is 3.12. The Kier molecular flexibility index (Phi) is 5.62. The average molecular weight is 462 g/mol. The third kappa shape index (κ3) is 4.51. The van der Waals surface area contributed by atoms with Crippen molar-refractivity contribution in [2.45, 2.75) is 5.22 Å². The second-order valence-electron chi connectivity index (χ2n) is 6.90. The number of nitrogens with one attached hydrogen (secondary N) is 2. The second kappa shape index (κ2) is 8.86. The number of amides is 1. The lowest BCUT2D eigenvalue weighted by Gasteiger charge is -2.03. The van der Waals surface area contributed by atoms with E-state index < -0.39 is 0 Å². The zero-order chi connectivity index (χ0) is 21.9. The molecule has 3 aromatic carbocycles. The molecule has 0 radical (unpaired) electrons. The average Bonchev–Trinajstić information content (AvgIpc) is 3.46. The molecular formula is C23H16ClN5O2S. The second-order valence-corrected chi connectivity index (χ2v) is 8.26. The van der Waals surface area contributed by atoms with Crippen LogP contribution in [0.1, 0.15) is 0 Å². The van der Waals surface area contributed by atoms with E-state index in [0.29, 0.717) is 21.8 Å². The van der Waals surface area contributed by atoms with Crippen LogP contribution in [0.15, 0.2) is 82.4 Å². The molecule has 158 valence electrons. The summed E-state index contributed by atoms with van der Waals surface area (Å²) in [5.74, 6) is 1.14. The molecule has 0 aliphatic rings. The van der Waals surface area contributed by atoms with E-state index in [1.165, 1.54) is 11.8 Å². The van der Waals surface area contributed by atoms with Gasteiger partial charge in [0.25, 0.3) is 5.22 Å². The van der Waals surface area contributed by atoms with Crippen molar-refractivity contribution in [1.29, 1.82) is 0 Å². The maximum absolute atomic E-state index is 12.1. The van der Waals surface area contributed by atoms with E-state index in [2.05, 4.69) is 25.5 Å². The molecule has 2 aromatic heterocycles. The van der Waals surface area contributed by atoms with Crippen molar-refractivity contribution < 1.29 is 9.21 Å². The van der Waals surface area contributed by atoms with Crippen molar-refractivity contribution in [2.75, 3.05) is 11.1 Å². The number of carbonyl (C=O) groups excluding carboxylic acids is 1. The van der Waals surface area contributed by atoms with Gasteiger partial charge in [0.1, 0.15) is 5.82 Å². The summed E-state index contributed by atoms with van der Waals surface area (Å²) in [5.41, 5.74) is 4.18. The normalized spacial score (nSPS) is 11.0. The number of anilines is 1. The molecule has 1 amide bonds. The molecule has 0 spiro atoms. The van der Waals surface area contributed by atoms with Crippen LogP contribution in [0.4, 0.5) is 5.69 Å². The minimum absolute atomic E-state index is 0.143. The Bertz CT molecular complexity index is 1380. The summed E-state index contributed by atoms with van der Waals surface area (Å²) in [7, 11) is 0. The van der Waals surface area contributed by atoms with Crippen molar-refractivity contribution in [3.8, 4) is 22.8 Å². The first-order chi connectivity index (χ1) is 15.6. The van der Waals surface area contributed by atoms with Crippen LogP contribution in [0.5, 0.6) is 0 Å². The number of carbonyl (C=O) groups is 1. The van der Waals surface area contributed by atoms with Gasteiger partial charge in [0.2, 0.25) is 11.8 Å². The predicted molar refractivity (Wildman–Crippen MR) is 126 cm³/mol. The zero-order valence-corrected chi connectivity index (χ0v) is 18.2. The third-order valence-electron chi connectivity index (χ3n) is 4.64. The molecule has 0 saturated heterocycles. The van der Waals surface area contributed by atoms with Gasteiger partial charge >= 0.3 is 0 Å². The number of halogens is 1. The van der Waals surface area contributed by atoms with Crippen molar-refractivity contribution in [3.63, 3.8) is 0 Å². The Balaban J connectivity index is 1.26.